The molecule has 27 heavy (non-hydrogen) atoms. The van der Waals surface area contributed by atoms with Crippen LogP contribution >= 0.6 is 0 Å². The van der Waals surface area contributed by atoms with Crippen molar-refractivity contribution in [1.82, 2.24) is 9.88 Å². The second-order valence-corrected chi connectivity index (χ2v) is 8.23. The predicted molar refractivity (Wildman–Crippen MR) is 113 cm³/mol. The number of anilines is 1. The van der Waals surface area contributed by atoms with E-state index in [1.165, 1.54) is 73.1 Å². The number of fused-ring (bicyclic) bond motifs is 2. The largest absolute Gasteiger partial charge is 0.496 e. The first kappa shape index (κ1) is 18.5. The summed E-state index contributed by atoms with van der Waals surface area (Å²) in [5.74, 6) is 0.992. The molecule has 0 spiro atoms. The van der Waals surface area contributed by atoms with Crippen LogP contribution in [0.15, 0.2) is 12.1 Å². The Kier molecular flexibility index (Phi) is 5.53. The molecular weight excluding hydrogens is 334 g/mol. The van der Waals surface area contributed by atoms with Gasteiger partial charge in [0.1, 0.15) is 5.75 Å². The molecule has 0 bridgehead atoms. The Bertz CT molecular complexity index is 809. The number of nitrogens with zero attached hydrogens (tertiary/aromatic N) is 2. The highest BCUT2D eigenvalue weighted by atomic mass is 16.5. The van der Waals surface area contributed by atoms with Gasteiger partial charge in [-0.25, -0.2) is 0 Å². The van der Waals surface area contributed by atoms with Gasteiger partial charge < -0.3 is 15.0 Å². The Hall–Kier alpha value is -1.81. The number of ether oxygens (including phenoxy) is 1. The lowest BCUT2D eigenvalue weighted by atomic mass is 9.97. The van der Waals surface area contributed by atoms with E-state index < -0.39 is 0 Å². The fourth-order valence-electron chi connectivity index (χ4n) is 4.66. The third-order valence-electron chi connectivity index (χ3n) is 6.36. The number of hydrogen-bond donors (Lipinski definition) is 1. The fraction of sp³-hybridized carbons (Fsp3) is 0.609. The molecule has 0 saturated carbocycles. The van der Waals surface area contributed by atoms with Gasteiger partial charge in [0, 0.05) is 22.8 Å². The summed E-state index contributed by atoms with van der Waals surface area (Å²) in [6.07, 6.45) is 9.48. The molecule has 146 valence electrons. The van der Waals surface area contributed by atoms with E-state index in [4.69, 9.17) is 9.72 Å². The summed E-state index contributed by atoms with van der Waals surface area (Å²) < 4.78 is 5.71. The summed E-state index contributed by atoms with van der Waals surface area (Å²) in [6, 6.07) is 5.03. The molecule has 0 radical (unpaired) electrons. The second kappa shape index (κ2) is 8.05. The quantitative estimate of drug-likeness (QED) is 0.803. The van der Waals surface area contributed by atoms with Gasteiger partial charge >= 0.3 is 0 Å². The highest BCUT2D eigenvalue weighted by molar-refractivity contribution is 5.95. The Balaban J connectivity index is 1.82. The smallest absolute Gasteiger partial charge is 0.122 e. The molecule has 1 aromatic heterocycles. The maximum atomic E-state index is 5.71. The number of nitrogens with one attached hydrogen (secondary N) is 1. The van der Waals surface area contributed by atoms with Gasteiger partial charge in [-0.1, -0.05) is 13.3 Å². The molecule has 4 heteroatoms. The van der Waals surface area contributed by atoms with E-state index in [0.717, 1.165) is 30.5 Å². The highest BCUT2D eigenvalue weighted by Gasteiger charge is 2.23. The Morgan fingerprint density at radius 2 is 1.93 bits per heavy atom. The van der Waals surface area contributed by atoms with E-state index in [1.54, 1.807) is 7.11 Å². The number of hydrogen-bond acceptors (Lipinski definition) is 4. The van der Waals surface area contributed by atoms with E-state index in [-0.39, 0.29) is 0 Å². The average Bonchev–Trinajstić information content (AvgIpc) is 2.93. The summed E-state index contributed by atoms with van der Waals surface area (Å²) in [5, 5.41) is 5.21. The number of aryl methyl sites for hydroxylation is 2. The minimum Gasteiger partial charge on any atom is -0.496 e. The van der Waals surface area contributed by atoms with E-state index in [0.29, 0.717) is 6.04 Å². The minimum absolute atomic E-state index is 0.552. The number of benzene rings is 1. The zero-order valence-corrected chi connectivity index (χ0v) is 17.1. The molecule has 4 nitrogen and oxygen atoms in total. The number of likely N-dealkylation sites (tertiary alicyclic amines) is 1. The highest BCUT2D eigenvalue weighted by Crippen LogP contribution is 2.37. The van der Waals surface area contributed by atoms with E-state index in [1.807, 2.05) is 0 Å². The van der Waals surface area contributed by atoms with Crippen molar-refractivity contribution in [2.75, 3.05) is 32.6 Å². The Labute approximate surface area is 163 Å². The van der Waals surface area contributed by atoms with Crippen molar-refractivity contribution in [2.24, 2.45) is 0 Å². The summed E-state index contributed by atoms with van der Waals surface area (Å²) in [6.45, 7) is 4.53. The van der Waals surface area contributed by atoms with Gasteiger partial charge in [0.15, 0.2) is 0 Å². The van der Waals surface area contributed by atoms with E-state index >= 15 is 0 Å². The normalized spacial score (nSPS) is 18.9. The average molecular weight is 368 g/mol. The van der Waals surface area contributed by atoms with Crippen LogP contribution in [0, 0.1) is 0 Å². The summed E-state index contributed by atoms with van der Waals surface area (Å²) in [5.41, 5.74) is 6.50. The van der Waals surface area contributed by atoms with Gasteiger partial charge in [0.05, 0.1) is 12.6 Å². The molecular formula is C23H33N3O. The minimum atomic E-state index is 0.552. The van der Waals surface area contributed by atoms with E-state index in [9.17, 15) is 0 Å². The topological polar surface area (TPSA) is 37.4 Å². The number of rotatable bonds is 4. The number of pyridine rings is 1. The fourth-order valence-corrected chi connectivity index (χ4v) is 4.66. The van der Waals surface area contributed by atoms with Gasteiger partial charge in [-0.15, -0.1) is 0 Å². The van der Waals surface area contributed by atoms with Crippen molar-refractivity contribution < 1.29 is 4.74 Å². The van der Waals surface area contributed by atoms with Gasteiger partial charge in [-0.05, 0) is 88.3 Å². The zero-order valence-electron chi connectivity index (χ0n) is 17.1. The first-order valence-electron chi connectivity index (χ1n) is 10.7. The third-order valence-corrected chi connectivity index (χ3v) is 6.36. The molecule has 0 atom stereocenters. The monoisotopic (exact) mass is 367 g/mol. The van der Waals surface area contributed by atoms with Crippen LogP contribution in [0.4, 0.5) is 5.69 Å². The first-order chi connectivity index (χ1) is 13.2. The predicted octanol–water partition coefficient (Wildman–Crippen LogP) is 4.58. The van der Waals surface area contributed by atoms with Crippen LogP contribution in [0.25, 0.3) is 10.9 Å². The zero-order chi connectivity index (χ0) is 18.8. The SMILES string of the molecule is CCc1cc2nc3c(c(NC4CCN(C)CC4)c2cc1OC)CCCCC3. The first-order valence-corrected chi connectivity index (χ1v) is 10.7. The van der Waals surface area contributed by atoms with Crippen molar-refractivity contribution in [3.05, 3.63) is 29.0 Å². The third kappa shape index (κ3) is 3.77. The molecule has 1 N–H and O–H groups in total. The molecule has 2 aromatic rings. The maximum Gasteiger partial charge on any atom is 0.122 e. The van der Waals surface area contributed by atoms with Crippen LogP contribution in [-0.4, -0.2) is 43.2 Å². The lowest BCUT2D eigenvalue weighted by molar-refractivity contribution is 0.264. The second-order valence-electron chi connectivity index (χ2n) is 8.23. The van der Waals surface area contributed by atoms with Gasteiger partial charge in [-0.2, -0.15) is 0 Å². The molecule has 1 aliphatic carbocycles. The molecule has 2 heterocycles. The molecule has 1 aromatic carbocycles. The molecule has 0 amide bonds. The van der Waals surface area contributed by atoms with Crippen LogP contribution in [0.1, 0.15) is 55.8 Å². The lowest BCUT2D eigenvalue weighted by Gasteiger charge is -2.31. The maximum absolute atomic E-state index is 5.71. The summed E-state index contributed by atoms with van der Waals surface area (Å²) in [4.78, 5) is 7.55. The summed E-state index contributed by atoms with van der Waals surface area (Å²) >= 11 is 0. The van der Waals surface area contributed by atoms with Crippen LogP contribution in [-0.2, 0) is 19.3 Å². The van der Waals surface area contributed by atoms with Crippen molar-refractivity contribution >= 4 is 16.6 Å². The lowest BCUT2D eigenvalue weighted by Crippen LogP contribution is -2.37. The molecule has 1 saturated heterocycles. The van der Waals surface area contributed by atoms with Crippen molar-refractivity contribution in [2.45, 2.75) is 64.3 Å². The van der Waals surface area contributed by atoms with Crippen LogP contribution < -0.4 is 10.1 Å². The van der Waals surface area contributed by atoms with Gasteiger partial charge in [0.25, 0.3) is 0 Å². The number of methoxy groups -OCH3 is 1. The van der Waals surface area contributed by atoms with E-state index in [2.05, 4.69) is 36.3 Å². The van der Waals surface area contributed by atoms with Gasteiger partial charge in [-0.3, -0.25) is 4.98 Å². The van der Waals surface area contributed by atoms with Crippen LogP contribution in [0.3, 0.4) is 0 Å². The van der Waals surface area contributed by atoms with Crippen molar-refractivity contribution in [1.29, 1.82) is 0 Å². The van der Waals surface area contributed by atoms with Crippen molar-refractivity contribution in [3.8, 4) is 5.75 Å². The standard InChI is InChI=1S/C23H33N3O/c1-4-16-14-21-19(15-22(16)27-3)23(24-17-10-12-26(2)13-11-17)18-8-6-5-7-9-20(18)25-21/h14-15,17H,4-13H2,1-3H3,(H,24,25). The molecule has 4 rings (SSSR count). The number of aromatic nitrogens is 1. The summed E-state index contributed by atoms with van der Waals surface area (Å²) in [7, 11) is 4.00. The molecule has 2 aliphatic rings. The molecule has 1 aliphatic heterocycles. The van der Waals surface area contributed by atoms with Gasteiger partial charge in [0.2, 0.25) is 0 Å². The molecule has 0 unspecified atom stereocenters. The Morgan fingerprint density at radius 3 is 2.67 bits per heavy atom. The van der Waals surface area contributed by atoms with Crippen molar-refractivity contribution in [3.63, 3.8) is 0 Å². The Morgan fingerprint density at radius 1 is 1.15 bits per heavy atom. The molecule has 1 fully saturated rings. The van der Waals surface area contributed by atoms with Crippen LogP contribution in [0.2, 0.25) is 0 Å². The number of piperidine rings is 1. The van der Waals surface area contributed by atoms with Crippen LogP contribution in [0.5, 0.6) is 5.75 Å².